The quantitative estimate of drug-likeness (QED) is 0.570. The van der Waals surface area contributed by atoms with Crippen LogP contribution in [-0.2, 0) is 4.79 Å². The Morgan fingerprint density at radius 2 is 2.26 bits per heavy atom. The Hall–Kier alpha value is -1.27. The van der Waals surface area contributed by atoms with Gasteiger partial charge in [-0.1, -0.05) is 18.9 Å². The molecule has 1 aliphatic heterocycles. The van der Waals surface area contributed by atoms with E-state index in [0.717, 1.165) is 39.0 Å². The van der Waals surface area contributed by atoms with E-state index in [9.17, 15) is 4.79 Å². The normalized spacial score (nSPS) is 19.4. The lowest BCUT2D eigenvalue weighted by Gasteiger charge is -2.29. The number of amides is 1. The molecular weight excluding hydrogens is 236 g/mol. The molecule has 0 atom stereocenters. The van der Waals surface area contributed by atoms with Gasteiger partial charge in [0.25, 0.3) is 0 Å². The fraction of sp³-hybridized carbons (Fsp3) is 0.688. The van der Waals surface area contributed by atoms with Crippen molar-refractivity contribution in [3.05, 3.63) is 11.6 Å². The van der Waals surface area contributed by atoms with Gasteiger partial charge in [0.1, 0.15) is 0 Å². The van der Waals surface area contributed by atoms with Crippen molar-refractivity contribution in [2.24, 2.45) is 0 Å². The Bertz CT molecular complexity index is 412. The fourth-order valence-electron chi connectivity index (χ4n) is 2.53. The number of nitrogens with zero attached hydrogens (tertiary/aromatic N) is 2. The molecule has 1 heterocycles. The second-order valence-corrected chi connectivity index (χ2v) is 5.45. The Labute approximate surface area is 116 Å². The van der Waals surface area contributed by atoms with Crippen LogP contribution >= 0.6 is 0 Å². The van der Waals surface area contributed by atoms with E-state index in [1.807, 2.05) is 4.90 Å². The number of carbonyl (C=O) groups excluding carboxylic acids is 1. The molecule has 0 aromatic rings. The third-order valence-electron chi connectivity index (χ3n) is 3.68. The smallest absolute Gasteiger partial charge is 0.219 e. The van der Waals surface area contributed by atoms with E-state index >= 15 is 0 Å². The molecule has 0 unspecified atom stereocenters. The molecule has 0 radical (unpaired) electrons. The lowest BCUT2D eigenvalue weighted by Crippen LogP contribution is -2.38. The Morgan fingerprint density at radius 1 is 1.47 bits per heavy atom. The predicted octanol–water partition coefficient (Wildman–Crippen LogP) is 2.04. The first-order chi connectivity index (χ1) is 9.20. The molecule has 2 aliphatic rings. The molecule has 19 heavy (non-hydrogen) atoms. The molecule has 0 N–H and O–H groups in total. The van der Waals surface area contributed by atoms with Gasteiger partial charge in [-0.25, -0.2) is 0 Å². The van der Waals surface area contributed by atoms with Crippen LogP contribution < -0.4 is 0 Å². The molecule has 0 saturated heterocycles. The highest BCUT2D eigenvalue weighted by atomic mass is 16.2. The summed E-state index contributed by atoms with van der Waals surface area (Å²) >= 11 is 0. The van der Waals surface area contributed by atoms with Gasteiger partial charge in [-0.3, -0.25) is 9.69 Å². The van der Waals surface area contributed by atoms with Crippen molar-refractivity contribution in [1.82, 2.24) is 9.80 Å². The molecule has 0 aromatic carbocycles. The minimum atomic E-state index is 0.214. The van der Waals surface area contributed by atoms with Crippen molar-refractivity contribution in [2.45, 2.75) is 45.6 Å². The van der Waals surface area contributed by atoms with Gasteiger partial charge < -0.3 is 4.90 Å². The van der Waals surface area contributed by atoms with Crippen LogP contribution in [0.4, 0.5) is 0 Å². The summed E-state index contributed by atoms with van der Waals surface area (Å²) < 4.78 is 0. The van der Waals surface area contributed by atoms with Gasteiger partial charge in [0.05, 0.1) is 6.54 Å². The van der Waals surface area contributed by atoms with Crippen LogP contribution in [0.25, 0.3) is 0 Å². The first-order valence-electron chi connectivity index (χ1n) is 7.34. The average Bonchev–Trinajstić information content (AvgIpc) is 3.21. The molecular formula is C16H24N2O. The molecule has 1 saturated carbocycles. The van der Waals surface area contributed by atoms with Crippen LogP contribution in [0.1, 0.15) is 39.5 Å². The summed E-state index contributed by atoms with van der Waals surface area (Å²) in [4.78, 5) is 16.1. The molecule has 1 aliphatic carbocycles. The van der Waals surface area contributed by atoms with Gasteiger partial charge in [-0.15, -0.1) is 5.92 Å². The monoisotopic (exact) mass is 260 g/mol. The Kier molecular flexibility index (Phi) is 5.04. The van der Waals surface area contributed by atoms with Gasteiger partial charge in [0, 0.05) is 39.0 Å². The van der Waals surface area contributed by atoms with Crippen molar-refractivity contribution in [2.75, 3.05) is 26.2 Å². The molecule has 0 bridgehead atoms. The molecule has 0 aromatic heterocycles. The van der Waals surface area contributed by atoms with Gasteiger partial charge in [-0.05, 0) is 24.8 Å². The molecule has 0 spiro atoms. The summed E-state index contributed by atoms with van der Waals surface area (Å²) in [7, 11) is 0. The van der Waals surface area contributed by atoms with Crippen LogP contribution in [0.15, 0.2) is 11.6 Å². The highest BCUT2D eigenvalue weighted by Gasteiger charge is 2.31. The maximum absolute atomic E-state index is 11.7. The van der Waals surface area contributed by atoms with Crippen molar-refractivity contribution in [3.63, 3.8) is 0 Å². The maximum Gasteiger partial charge on any atom is 0.219 e. The lowest BCUT2D eigenvalue weighted by molar-refractivity contribution is -0.129. The van der Waals surface area contributed by atoms with E-state index in [1.54, 1.807) is 6.92 Å². The summed E-state index contributed by atoms with van der Waals surface area (Å²) in [5.74, 6) is 6.54. The second kappa shape index (κ2) is 6.77. The predicted molar refractivity (Wildman–Crippen MR) is 77.6 cm³/mol. The van der Waals surface area contributed by atoms with Crippen LogP contribution in [-0.4, -0.2) is 47.9 Å². The highest BCUT2D eigenvalue weighted by Crippen LogP contribution is 2.28. The topological polar surface area (TPSA) is 23.6 Å². The second-order valence-electron chi connectivity index (χ2n) is 5.45. The fourth-order valence-corrected chi connectivity index (χ4v) is 2.53. The van der Waals surface area contributed by atoms with E-state index in [4.69, 9.17) is 0 Å². The van der Waals surface area contributed by atoms with Crippen molar-refractivity contribution in [3.8, 4) is 11.8 Å². The van der Waals surface area contributed by atoms with Crippen molar-refractivity contribution in [1.29, 1.82) is 0 Å². The third-order valence-corrected chi connectivity index (χ3v) is 3.68. The standard InChI is InChI=1S/C16H24N2O/c1-3-4-5-10-17-11-6-7-15(12-17)13-18(14(2)19)16-8-9-16/h7,16H,3,6,8-13H2,1-2H3. The molecule has 3 heteroatoms. The van der Waals surface area contributed by atoms with Crippen LogP contribution in [0.2, 0.25) is 0 Å². The zero-order valence-corrected chi connectivity index (χ0v) is 12.1. The average molecular weight is 260 g/mol. The molecule has 2 rings (SSSR count). The molecule has 104 valence electrons. The van der Waals surface area contributed by atoms with Gasteiger partial charge in [0.15, 0.2) is 0 Å². The van der Waals surface area contributed by atoms with E-state index in [2.05, 4.69) is 29.7 Å². The van der Waals surface area contributed by atoms with E-state index in [0.29, 0.717) is 6.04 Å². The first kappa shape index (κ1) is 14.1. The maximum atomic E-state index is 11.7. The number of rotatable bonds is 4. The van der Waals surface area contributed by atoms with Gasteiger partial charge in [0.2, 0.25) is 5.91 Å². The highest BCUT2D eigenvalue weighted by molar-refractivity contribution is 5.74. The summed E-state index contributed by atoms with van der Waals surface area (Å²) in [6.45, 7) is 7.49. The zero-order valence-electron chi connectivity index (χ0n) is 12.1. The van der Waals surface area contributed by atoms with E-state index in [1.165, 1.54) is 18.4 Å². The lowest BCUT2D eigenvalue weighted by atomic mass is 10.1. The van der Waals surface area contributed by atoms with E-state index < -0.39 is 0 Å². The minimum Gasteiger partial charge on any atom is -0.336 e. The largest absolute Gasteiger partial charge is 0.336 e. The summed E-state index contributed by atoms with van der Waals surface area (Å²) in [6.07, 6.45) is 6.68. The van der Waals surface area contributed by atoms with Crippen LogP contribution in [0.3, 0.4) is 0 Å². The molecule has 3 nitrogen and oxygen atoms in total. The van der Waals surface area contributed by atoms with Crippen molar-refractivity contribution < 1.29 is 4.79 Å². The van der Waals surface area contributed by atoms with Crippen molar-refractivity contribution >= 4 is 5.91 Å². The number of hydrogen-bond acceptors (Lipinski definition) is 2. The summed E-state index contributed by atoms with van der Waals surface area (Å²) in [5.41, 5.74) is 1.38. The van der Waals surface area contributed by atoms with Gasteiger partial charge in [-0.2, -0.15) is 0 Å². The number of hydrogen-bond donors (Lipinski definition) is 0. The van der Waals surface area contributed by atoms with Gasteiger partial charge >= 0.3 is 0 Å². The Morgan fingerprint density at radius 3 is 2.89 bits per heavy atom. The van der Waals surface area contributed by atoms with Crippen LogP contribution in [0.5, 0.6) is 0 Å². The number of carbonyl (C=O) groups is 1. The third kappa shape index (κ3) is 4.40. The molecule has 1 amide bonds. The minimum absolute atomic E-state index is 0.214. The Balaban J connectivity index is 1.86. The first-order valence-corrected chi connectivity index (χ1v) is 7.34. The zero-order chi connectivity index (χ0) is 13.7. The summed E-state index contributed by atoms with van der Waals surface area (Å²) in [6, 6.07) is 0.508. The SMILES string of the molecule is CCC#CCN1CCC=C(CN(C(C)=O)C2CC2)C1. The summed E-state index contributed by atoms with van der Waals surface area (Å²) in [5, 5.41) is 0. The van der Waals surface area contributed by atoms with Crippen LogP contribution in [0, 0.1) is 11.8 Å². The molecule has 1 fully saturated rings. The van der Waals surface area contributed by atoms with E-state index in [-0.39, 0.29) is 5.91 Å².